The third kappa shape index (κ3) is 3.47. The predicted octanol–water partition coefficient (Wildman–Crippen LogP) is 0.532. The van der Waals surface area contributed by atoms with E-state index in [1.165, 1.54) is 17.1 Å². The molecule has 0 aliphatic carbocycles. The number of nitrogens with zero attached hydrogens (tertiary/aromatic N) is 2. The third-order valence-corrected chi connectivity index (χ3v) is 2.36. The van der Waals surface area contributed by atoms with Crippen LogP contribution in [0.25, 0.3) is 0 Å². The fourth-order valence-electron chi connectivity index (χ4n) is 1.09. The smallest absolute Gasteiger partial charge is 0.267 e. The SMILES string of the molecule is CCNC(=O)CCn1cncc(Br)c1=O. The molecular weight excluding hydrogens is 262 g/mol. The zero-order chi connectivity index (χ0) is 11.3. The molecule has 1 amide bonds. The predicted molar refractivity (Wildman–Crippen MR) is 59.5 cm³/mol. The number of carbonyl (C=O) groups excluding carboxylic acids is 1. The molecule has 0 saturated heterocycles. The van der Waals surface area contributed by atoms with Crippen molar-refractivity contribution in [2.24, 2.45) is 0 Å². The van der Waals surface area contributed by atoms with Crippen LogP contribution in [0.2, 0.25) is 0 Å². The van der Waals surface area contributed by atoms with Crippen molar-refractivity contribution in [3.8, 4) is 0 Å². The zero-order valence-electron chi connectivity index (χ0n) is 8.36. The molecular formula is C9H12BrN3O2. The van der Waals surface area contributed by atoms with Gasteiger partial charge in [0.2, 0.25) is 5.91 Å². The number of aromatic nitrogens is 2. The van der Waals surface area contributed by atoms with Crippen LogP contribution in [0, 0.1) is 0 Å². The molecule has 0 aromatic carbocycles. The Morgan fingerprint density at radius 3 is 3.07 bits per heavy atom. The largest absolute Gasteiger partial charge is 0.356 e. The second-order valence-electron chi connectivity index (χ2n) is 2.94. The van der Waals surface area contributed by atoms with E-state index in [-0.39, 0.29) is 17.9 Å². The topological polar surface area (TPSA) is 64.0 Å². The van der Waals surface area contributed by atoms with Crippen molar-refractivity contribution in [2.45, 2.75) is 19.9 Å². The summed E-state index contributed by atoms with van der Waals surface area (Å²) in [6, 6.07) is 0. The number of aryl methyl sites for hydroxylation is 1. The lowest BCUT2D eigenvalue weighted by molar-refractivity contribution is -0.121. The Hall–Kier alpha value is -1.17. The molecule has 1 N–H and O–H groups in total. The summed E-state index contributed by atoms with van der Waals surface area (Å²) in [4.78, 5) is 26.5. The van der Waals surface area contributed by atoms with Gasteiger partial charge in [0, 0.05) is 25.7 Å². The Bertz CT molecular complexity index is 403. The summed E-state index contributed by atoms with van der Waals surface area (Å²) in [5, 5.41) is 2.66. The van der Waals surface area contributed by atoms with Crippen LogP contribution in [0.4, 0.5) is 0 Å². The van der Waals surface area contributed by atoms with Crippen molar-refractivity contribution < 1.29 is 4.79 Å². The summed E-state index contributed by atoms with van der Waals surface area (Å²) in [7, 11) is 0. The Morgan fingerprint density at radius 1 is 1.67 bits per heavy atom. The minimum Gasteiger partial charge on any atom is -0.356 e. The highest BCUT2D eigenvalue weighted by atomic mass is 79.9. The van der Waals surface area contributed by atoms with Gasteiger partial charge in [-0.2, -0.15) is 0 Å². The van der Waals surface area contributed by atoms with E-state index in [1.807, 2.05) is 6.92 Å². The Kier molecular flexibility index (Phi) is 4.48. The van der Waals surface area contributed by atoms with Crippen LogP contribution in [-0.4, -0.2) is 22.0 Å². The molecule has 82 valence electrons. The lowest BCUT2D eigenvalue weighted by Gasteiger charge is -2.04. The molecule has 0 unspecified atom stereocenters. The second-order valence-corrected chi connectivity index (χ2v) is 3.80. The minimum absolute atomic E-state index is 0.0654. The van der Waals surface area contributed by atoms with Gasteiger partial charge in [-0.15, -0.1) is 0 Å². The van der Waals surface area contributed by atoms with Crippen LogP contribution < -0.4 is 10.9 Å². The van der Waals surface area contributed by atoms with Crippen molar-refractivity contribution in [1.29, 1.82) is 0 Å². The first-order chi connectivity index (χ1) is 7.15. The molecule has 0 radical (unpaired) electrons. The summed E-state index contributed by atoms with van der Waals surface area (Å²) in [5.74, 6) is -0.0654. The van der Waals surface area contributed by atoms with Gasteiger partial charge >= 0.3 is 0 Å². The first-order valence-electron chi connectivity index (χ1n) is 4.61. The van der Waals surface area contributed by atoms with E-state index >= 15 is 0 Å². The molecule has 5 nitrogen and oxygen atoms in total. The highest BCUT2D eigenvalue weighted by molar-refractivity contribution is 9.10. The van der Waals surface area contributed by atoms with Crippen molar-refractivity contribution >= 4 is 21.8 Å². The zero-order valence-corrected chi connectivity index (χ0v) is 9.95. The van der Waals surface area contributed by atoms with E-state index in [2.05, 4.69) is 26.2 Å². The van der Waals surface area contributed by atoms with E-state index in [9.17, 15) is 9.59 Å². The number of hydrogen-bond acceptors (Lipinski definition) is 3. The lowest BCUT2D eigenvalue weighted by Crippen LogP contribution is -2.27. The molecule has 1 rings (SSSR count). The highest BCUT2D eigenvalue weighted by Gasteiger charge is 2.03. The number of nitrogens with one attached hydrogen (secondary N) is 1. The van der Waals surface area contributed by atoms with Gasteiger partial charge in [-0.25, -0.2) is 4.98 Å². The van der Waals surface area contributed by atoms with Crippen LogP contribution >= 0.6 is 15.9 Å². The average molecular weight is 274 g/mol. The van der Waals surface area contributed by atoms with Crippen LogP contribution in [0.1, 0.15) is 13.3 Å². The van der Waals surface area contributed by atoms with E-state index in [0.29, 0.717) is 17.6 Å². The molecule has 6 heteroatoms. The number of carbonyl (C=O) groups is 1. The van der Waals surface area contributed by atoms with Crippen LogP contribution in [-0.2, 0) is 11.3 Å². The lowest BCUT2D eigenvalue weighted by atomic mass is 10.4. The normalized spacial score (nSPS) is 10.0. The molecule has 1 heterocycles. The van der Waals surface area contributed by atoms with E-state index in [1.54, 1.807) is 0 Å². The molecule has 0 saturated carbocycles. The molecule has 0 aliphatic rings. The standard InChI is InChI=1S/C9H12BrN3O2/c1-2-12-8(14)3-4-13-6-11-5-7(10)9(13)15/h5-6H,2-4H2,1H3,(H,12,14). The van der Waals surface area contributed by atoms with Crippen LogP contribution in [0.5, 0.6) is 0 Å². The van der Waals surface area contributed by atoms with Crippen LogP contribution in [0.15, 0.2) is 21.8 Å². The maximum absolute atomic E-state index is 11.5. The molecule has 0 aliphatic heterocycles. The van der Waals surface area contributed by atoms with Gasteiger partial charge in [-0.05, 0) is 22.9 Å². The number of rotatable bonds is 4. The van der Waals surface area contributed by atoms with Gasteiger partial charge in [-0.1, -0.05) is 0 Å². The van der Waals surface area contributed by atoms with Crippen molar-refractivity contribution in [3.05, 3.63) is 27.4 Å². The van der Waals surface area contributed by atoms with Crippen molar-refractivity contribution in [3.63, 3.8) is 0 Å². The summed E-state index contributed by atoms with van der Waals surface area (Å²) in [6.45, 7) is 2.80. The molecule has 0 atom stereocenters. The molecule has 0 bridgehead atoms. The van der Waals surface area contributed by atoms with Crippen molar-refractivity contribution in [1.82, 2.24) is 14.9 Å². The Labute approximate surface area is 95.6 Å². The van der Waals surface area contributed by atoms with Gasteiger partial charge in [0.15, 0.2) is 0 Å². The average Bonchev–Trinajstić information content (AvgIpc) is 2.21. The number of hydrogen-bond donors (Lipinski definition) is 1. The van der Waals surface area contributed by atoms with Gasteiger partial charge in [0.05, 0.1) is 6.33 Å². The van der Waals surface area contributed by atoms with E-state index in [4.69, 9.17) is 0 Å². The molecule has 15 heavy (non-hydrogen) atoms. The van der Waals surface area contributed by atoms with Gasteiger partial charge in [0.25, 0.3) is 5.56 Å². The van der Waals surface area contributed by atoms with Gasteiger partial charge < -0.3 is 5.32 Å². The summed E-state index contributed by atoms with van der Waals surface area (Å²) in [6.07, 6.45) is 3.14. The summed E-state index contributed by atoms with van der Waals surface area (Å²) >= 11 is 3.09. The molecule has 1 aromatic heterocycles. The van der Waals surface area contributed by atoms with Crippen molar-refractivity contribution in [2.75, 3.05) is 6.54 Å². The monoisotopic (exact) mass is 273 g/mol. The number of halogens is 1. The summed E-state index contributed by atoms with van der Waals surface area (Å²) in [5.41, 5.74) is -0.172. The quantitative estimate of drug-likeness (QED) is 0.871. The number of amides is 1. The maximum atomic E-state index is 11.5. The van der Waals surface area contributed by atoms with E-state index < -0.39 is 0 Å². The van der Waals surface area contributed by atoms with Gasteiger partial charge in [0.1, 0.15) is 4.47 Å². The first-order valence-corrected chi connectivity index (χ1v) is 5.41. The molecule has 1 aromatic rings. The first kappa shape index (κ1) is 11.9. The Morgan fingerprint density at radius 2 is 2.40 bits per heavy atom. The minimum atomic E-state index is -0.172. The maximum Gasteiger partial charge on any atom is 0.267 e. The molecule has 0 fully saturated rings. The third-order valence-electron chi connectivity index (χ3n) is 1.81. The molecule has 0 spiro atoms. The fourth-order valence-corrected chi connectivity index (χ4v) is 1.44. The van der Waals surface area contributed by atoms with E-state index in [0.717, 1.165) is 0 Å². The Balaban J connectivity index is 2.62. The van der Waals surface area contributed by atoms with Crippen LogP contribution in [0.3, 0.4) is 0 Å². The second kappa shape index (κ2) is 5.65. The highest BCUT2D eigenvalue weighted by Crippen LogP contribution is 1.98. The summed E-state index contributed by atoms with van der Waals surface area (Å²) < 4.78 is 1.81. The fraction of sp³-hybridized carbons (Fsp3) is 0.444. The van der Waals surface area contributed by atoms with Gasteiger partial charge in [-0.3, -0.25) is 14.2 Å².